The molecule has 0 aromatic heterocycles. The van der Waals surface area contributed by atoms with E-state index in [1.54, 1.807) is 6.07 Å². The van der Waals surface area contributed by atoms with Gasteiger partial charge in [-0.3, -0.25) is 4.79 Å². The van der Waals surface area contributed by atoms with Gasteiger partial charge in [0.15, 0.2) is 0 Å². The first-order valence-corrected chi connectivity index (χ1v) is 11.6. The summed E-state index contributed by atoms with van der Waals surface area (Å²) < 4.78 is 47.8. The van der Waals surface area contributed by atoms with E-state index in [2.05, 4.69) is 10.1 Å². The van der Waals surface area contributed by atoms with Gasteiger partial charge >= 0.3 is 12.5 Å². The van der Waals surface area contributed by atoms with Crippen LogP contribution in [-0.2, 0) is 9.53 Å². The first-order chi connectivity index (χ1) is 15.8. The van der Waals surface area contributed by atoms with Gasteiger partial charge in [0.25, 0.3) is 0 Å². The summed E-state index contributed by atoms with van der Waals surface area (Å²) in [6, 6.07) is 5.26. The molecule has 2 atom stereocenters. The van der Waals surface area contributed by atoms with Crippen LogP contribution in [0.5, 0.6) is 5.75 Å². The summed E-state index contributed by atoms with van der Waals surface area (Å²) in [5.74, 6) is -1.88. The van der Waals surface area contributed by atoms with Gasteiger partial charge in [-0.1, -0.05) is 31.4 Å². The number of rotatable bonds is 5. The van der Waals surface area contributed by atoms with Crippen LogP contribution < -0.4 is 10.1 Å². The highest BCUT2D eigenvalue weighted by atomic mass is 19.4. The molecule has 1 saturated carbocycles. The number of hydrogen-bond acceptors (Lipinski definition) is 5. The lowest BCUT2D eigenvalue weighted by Gasteiger charge is -2.40. The van der Waals surface area contributed by atoms with E-state index in [-0.39, 0.29) is 12.1 Å². The summed E-state index contributed by atoms with van der Waals surface area (Å²) in [6.07, 6.45) is -2.42. The van der Waals surface area contributed by atoms with Gasteiger partial charge in [-0.15, -0.1) is 13.2 Å². The Kier molecular flexibility index (Phi) is 7.69. The van der Waals surface area contributed by atoms with Crippen molar-refractivity contribution in [2.24, 2.45) is 0 Å². The predicted octanol–water partition coefficient (Wildman–Crippen LogP) is 4.49. The van der Waals surface area contributed by atoms with Crippen molar-refractivity contribution in [3.05, 3.63) is 29.8 Å². The van der Waals surface area contributed by atoms with Gasteiger partial charge in [0.05, 0.1) is 18.1 Å². The molecule has 34 heavy (non-hydrogen) atoms. The number of ether oxygens (including phenoxy) is 2. The number of halogens is 3. The van der Waals surface area contributed by atoms with E-state index in [1.807, 2.05) is 20.8 Å². The number of carbonyl (C=O) groups excluding carboxylic acids is 2. The van der Waals surface area contributed by atoms with Crippen LogP contribution >= 0.6 is 0 Å². The fourth-order valence-electron chi connectivity index (χ4n) is 4.72. The number of amides is 2. The zero-order valence-corrected chi connectivity index (χ0v) is 19.8. The number of likely N-dealkylation sites (tertiary alicyclic amines) is 1. The van der Waals surface area contributed by atoms with Crippen molar-refractivity contribution >= 4 is 12.0 Å². The van der Waals surface area contributed by atoms with Crippen LogP contribution in [0, 0.1) is 0 Å². The Bertz CT molecular complexity index is 878. The van der Waals surface area contributed by atoms with Crippen LogP contribution in [0.4, 0.5) is 18.0 Å². The molecule has 1 aromatic rings. The molecule has 0 bridgehead atoms. The second kappa shape index (κ2) is 10.0. The molecule has 3 rings (SSSR count). The van der Waals surface area contributed by atoms with Crippen LogP contribution in [0.3, 0.4) is 0 Å². The molecular weight excluding hydrogens is 453 g/mol. The summed E-state index contributed by atoms with van der Waals surface area (Å²) in [6.45, 7) is 5.94. The Morgan fingerprint density at radius 1 is 1.18 bits per heavy atom. The van der Waals surface area contributed by atoms with Crippen LogP contribution in [0.25, 0.3) is 0 Å². The van der Waals surface area contributed by atoms with E-state index in [0.717, 1.165) is 25.3 Å². The minimum Gasteiger partial charge on any atom is -0.444 e. The highest BCUT2D eigenvalue weighted by Crippen LogP contribution is 2.42. The highest BCUT2D eigenvalue weighted by molar-refractivity contribution is 5.85. The van der Waals surface area contributed by atoms with Gasteiger partial charge in [-0.2, -0.15) is 0 Å². The number of nitrogens with one attached hydrogen (secondary N) is 1. The highest BCUT2D eigenvalue weighted by Gasteiger charge is 2.46. The zero-order valence-electron chi connectivity index (χ0n) is 19.8. The van der Waals surface area contributed by atoms with E-state index >= 15 is 0 Å². The van der Waals surface area contributed by atoms with Gasteiger partial charge in [0.1, 0.15) is 11.9 Å². The van der Waals surface area contributed by atoms with E-state index in [0.29, 0.717) is 25.8 Å². The van der Waals surface area contributed by atoms with Crippen LogP contribution in [0.1, 0.15) is 70.8 Å². The van der Waals surface area contributed by atoms with Crippen molar-refractivity contribution in [3.8, 4) is 5.75 Å². The van der Waals surface area contributed by atoms with E-state index in [4.69, 9.17) is 4.74 Å². The molecule has 2 fully saturated rings. The summed E-state index contributed by atoms with van der Waals surface area (Å²) >= 11 is 0. The molecular formula is C24H33F3N2O5. The minimum atomic E-state index is -4.87. The molecule has 2 aliphatic rings. The SMILES string of the molecule is CC(C)(C)NC(=O)O[C@H]1CCN(C(=O)C(c2cccc(OC(F)(F)F)c2)C2(O)CCCCC2)C1. The van der Waals surface area contributed by atoms with Gasteiger partial charge in [-0.25, -0.2) is 4.79 Å². The Morgan fingerprint density at radius 2 is 1.85 bits per heavy atom. The van der Waals surface area contributed by atoms with Crippen LogP contribution in [0.2, 0.25) is 0 Å². The first-order valence-electron chi connectivity index (χ1n) is 11.6. The molecule has 10 heteroatoms. The average molecular weight is 487 g/mol. The maximum atomic E-state index is 13.7. The topological polar surface area (TPSA) is 88.1 Å². The minimum absolute atomic E-state index is 0.154. The molecule has 0 radical (unpaired) electrons. The van der Waals surface area contributed by atoms with Gasteiger partial charge in [0.2, 0.25) is 5.91 Å². The third-order valence-electron chi connectivity index (χ3n) is 6.14. The molecule has 2 N–H and O–H groups in total. The second-order valence-electron chi connectivity index (χ2n) is 10.2. The molecule has 1 aliphatic carbocycles. The average Bonchev–Trinajstić information content (AvgIpc) is 3.14. The molecule has 1 unspecified atom stereocenters. The van der Waals surface area contributed by atoms with Crippen LogP contribution in [0.15, 0.2) is 24.3 Å². The van der Waals surface area contributed by atoms with Gasteiger partial charge < -0.3 is 24.8 Å². The summed E-state index contributed by atoms with van der Waals surface area (Å²) in [4.78, 5) is 27.3. The summed E-state index contributed by atoms with van der Waals surface area (Å²) in [5.41, 5.74) is -1.58. The lowest BCUT2D eigenvalue weighted by molar-refractivity contribution is -0.274. The third-order valence-corrected chi connectivity index (χ3v) is 6.14. The molecule has 1 aliphatic heterocycles. The number of carbonyl (C=O) groups is 2. The molecule has 2 amide bonds. The monoisotopic (exact) mass is 486 g/mol. The molecule has 0 spiro atoms. The van der Waals surface area contributed by atoms with Gasteiger partial charge in [0, 0.05) is 18.5 Å². The number of alkyl carbamates (subject to hydrolysis) is 1. The summed E-state index contributed by atoms with van der Waals surface area (Å²) in [5, 5.41) is 14.2. The summed E-state index contributed by atoms with van der Waals surface area (Å²) in [7, 11) is 0. The smallest absolute Gasteiger partial charge is 0.444 e. The lowest BCUT2D eigenvalue weighted by atomic mass is 9.72. The number of aliphatic hydroxyl groups is 1. The fraction of sp³-hybridized carbons (Fsp3) is 0.667. The third kappa shape index (κ3) is 7.01. The van der Waals surface area contributed by atoms with Crippen LogP contribution in [-0.4, -0.2) is 58.7 Å². The van der Waals surface area contributed by atoms with E-state index in [1.165, 1.54) is 17.0 Å². The zero-order chi connectivity index (χ0) is 25.1. The molecule has 190 valence electrons. The van der Waals surface area contributed by atoms with E-state index < -0.39 is 47.3 Å². The molecule has 1 aromatic carbocycles. The molecule has 1 heterocycles. The molecule has 1 saturated heterocycles. The Balaban J connectivity index is 1.80. The predicted molar refractivity (Wildman–Crippen MR) is 118 cm³/mol. The maximum absolute atomic E-state index is 13.7. The Hall–Kier alpha value is -2.49. The molecule has 7 nitrogen and oxygen atoms in total. The number of benzene rings is 1. The van der Waals surface area contributed by atoms with Gasteiger partial charge in [-0.05, 0) is 51.3 Å². The first kappa shape index (κ1) is 26.1. The van der Waals surface area contributed by atoms with Crippen molar-refractivity contribution in [1.82, 2.24) is 10.2 Å². The maximum Gasteiger partial charge on any atom is 0.573 e. The Labute approximate surface area is 197 Å². The van der Waals surface area contributed by atoms with E-state index in [9.17, 15) is 27.9 Å². The van der Waals surface area contributed by atoms with Crippen molar-refractivity contribution in [1.29, 1.82) is 0 Å². The largest absolute Gasteiger partial charge is 0.573 e. The number of nitrogens with zero attached hydrogens (tertiary/aromatic N) is 1. The lowest BCUT2D eigenvalue weighted by Crippen LogP contribution is -2.48. The second-order valence-corrected chi connectivity index (χ2v) is 10.2. The fourth-order valence-corrected chi connectivity index (χ4v) is 4.72. The standard InChI is InChI=1S/C24H33F3N2O5/c1-22(2,3)28-21(31)33-18-10-13-29(15-18)20(30)19(23(32)11-5-4-6-12-23)16-8-7-9-17(14-16)34-24(25,26)27/h7-9,14,18-19,32H,4-6,10-13,15H2,1-3H3,(H,28,31)/t18-,19?/m0/s1. The van der Waals surface area contributed by atoms with Crippen molar-refractivity contribution < 1.29 is 37.3 Å². The van der Waals surface area contributed by atoms with Crippen molar-refractivity contribution in [3.63, 3.8) is 0 Å². The van der Waals surface area contributed by atoms with Crippen molar-refractivity contribution in [2.75, 3.05) is 13.1 Å². The number of hydrogen-bond donors (Lipinski definition) is 2. The van der Waals surface area contributed by atoms with Crippen molar-refractivity contribution in [2.45, 2.75) is 88.8 Å². The number of alkyl halides is 3. The Morgan fingerprint density at radius 3 is 2.47 bits per heavy atom. The quantitative estimate of drug-likeness (QED) is 0.640. The normalized spacial score (nSPS) is 21.6.